The molecule has 2 rings (SSSR count). The Labute approximate surface area is 117 Å². The quantitative estimate of drug-likeness (QED) is 0.931. The number of nitrogens with one attached hydrogen (secondary N) is 1. The Morgan fingerprint density at radius 3 is 2.65 bits per heavy atom. The second kappa shape index (κ2) is 5.07. The SMILES string of the molecule is CC(C)n1nccc1-c1nnc(NC(=O)C(C)(C)C)o1. The fourth-order valence-corrected chi connectivity index (χ4v) is 1.56. The molecule has 0 aliphatic heterocycles. The van der Waals surface area contributed by atoms with Crippen molar-refractivity contribution in [3.63, 3.8) is 0 Å². The molecule has 0 radical (unpaired) electrons. The van der Waals surface area contributed by atoms with Crippen LogP contribution in [0, 0.1) is 5.41 Å². The highest BCUT2D eigenvalue weighted by molar-refractivity contribution is 5.92. The maximum atomic E-state index is 11.8. The van der Waals surface area contributed by atoms with Crippen molar-refractivity contribution in [2.75, 3.05) is 5.32 Å². The zero-order valence-electron chi connectivity index (χ0n) is 12.3. The van der Waals surface area contributed by atoms with Gasteiger partial charge in [0.25, 0.3) is 5.89 Å². The molecule has 0 aliphatic carbocycles. The summed E-state index contributed by atoms with van der Waals surface area (Å²) in [4.78, 5) is 11.8. The lowest BCUT2D eigenvalue weighted by molar-refractivity contribution is -0.123. The van der Waals surface area contributed by atoms with Gasteiger partial charge in [-0.1, -0.05) is 25.9 Å². The van der Waals surface area contributed by atoms with Crippen LogP contribution in [0.15, 0.2) is 16.7 Å². The molecule has 0 saturated carbocycles. The Morgan fingerprint density at radius 2 is 2.05 bits per heavy atom. The summed E-state index contributed by atoms with van der Waals surface area (Å²) >= 11 is 0. The van der Waals surface area contributed by atoms with Crippen molar-refractivity contribution in [3.8, 4) is 11.6 Å². The topological polar surface area (TPSA) is 85.8 Å². The molecule has 0 unspecified atom stereocenters. The number of carbonyl (C=O) groups is 1. The van der Waals surface area contributed by atoms with Gasteiger partial charge in [0.05, 0.1) is 0 Å². The highest BCUT2D eigenvalue weighted by Gasteiger charge is 2.24. The normalized spacial score (nSPS) is 11.9. The van der Waals surface area contributed by atoms with Gasteiger partial charge in [-0.05, 0) is 19.9 Å². The van der Waals surface area contributed by atoms with Crippen molar-refractivity contribution >= 4 is 11.9 Å². The number of aromatic nitrogens is 4. The third kappa shape index (κ3) is 2.87. The molecule has 2 aromatic heterocycles. The molecule has 108 valence electrons. The summed E-state index contributed by atoms with van der Waals surface area (Å²) in [7, 11) is 0. The van der Waals surface area contributed by atoms with Crippen LogP contribution >= 0.6 is 0 Å². The van der Waals surface area contributed by atoms with Crippen LogP contribution in [0.3, 0.4) is 0 Å². The molecular formula is C13H19N5O2. The van der Waals surface area contributed by atoms with Gasteiger partial charge in [0.1, 0.15) is 5.69 Å². The first-order valence-corrected chi connectivity index (χ1v) is 6.48. The van der Waals surface area contributed by atoms with Crippen LogP contribution in [0.4, 0.5) is 6.01 Å². The zero-order chi connectivity index (χ0) is 14.9. The van der Waals surface area contributed by atoms with Crippen molar-refractivity contribution in [1.82, 2.24) is 20.0 Å². The average molecular weight is 277 g/mol. The first-order chi connectivity index (χ1) is 9.29. The van der Waals surface area contributed by atoms with E-state index in [0.717, 1.165) is 5.69 Å². The molecule has 0 aromatic carbocycles. The van der Waals surface area contributed by atoms with E-state index < -0.39 is 5.41 Å². The largest absolute Gasteiger partial charge is 0.401 e. The van der Waals surface area contributed by atoms with Gasteiger partial charge < -0.3 is 4.42 Å². The molecule has 0 fully saturated rings. The molecule has 0 aliphatic rings. The monoisotopic (exact) mass is 277 g/mol. The molecule has 1 N–H and O–H groups in total. The predicted molar refractivity (Wildman–Crippen MR) is 74.0 cm³/mol. The minimum Gasteiger partial charge on any atom is -0.401 e. The number of hydrogen-bond acceptors (Lipinski definition) is 5. The van der Waals surface area contributed by atoms with E-state index in [9.17, 15) is 4.79 Å². The number of amides is 1. The predicted octanol–water partition coefficient (Wildman–Crippen LogP) is 2.50. The van der Waals surface area contributed by atoms with Crippen LogP contribution in [0.5, 0.6) is 0 Å². The van der Waals surface area contributed by atoms with Gasteiger partial charge in [-0.2, -0.15) is 5.10 Å². The molecule has 7 heteroatoms. The number of anilines is 1. The van der Waals surface area contributed by atoms with Crippen LogP contribution < -0.4 is 5.32 Å². The Kier molecular flexibility index (Phi) is 3.61. The van der Waals surface area contributed by atoms with E-state index in [1.165, 1.54) is 0 Å². The summed E-state index contributed by atoms with van der Waals surface area (Å²) in [6, 6.07) is 2.07. The molecule has 2 aromatic rings. The highest BCUT2D eigenvalue weighted by Crippen LogP contribution is 2.23. The van der Waals surface area contributed by atoms with Crippen molar-refractivity contribution in [2.45, 2.75) is 40.7 Å². The Bertz CT molecular complexity index is 606. The summed E-state index contributed by atoms with van der Waals surface area (Å²) in [5, 5.41) is 14.6. The van der Waals surface area contributed by atoms with Gasteiger partial charge in [-0.15, -0.1) is 5.10 Å². The van der Waals surface area contributed by atoms with Crippen molar-refractivity contribution < 1.29 is 9.21 Å². The van der Waals surface area contributed by atoms with E-state index in [1.54, 1.807) is 16.9 Å². The van der Waals surface area contributed by atoms with E-state index in [4.69, 9.17) is 4.42 Å². The summed E-state index contributed by atoms with van der Waals surface area (Å²) in [6.07, 6.45) is 1.67. The minimum atomic E-state index is -0.520. The first kappa shape index (κ1) is 14.2. The number of carbonyl (C=O) groups excluding carboxylic acids is 1. The van der Waals surface area contributed by atoms with Gasteiger partial charge in [0, 0.05) is 17.7 Å². The van der Waals surface area contributed by atoms with Gasteiger partial charge in [0.15, 0.2) is 0 Å². The number of rotatable bonds is 3. The van der Waals surface area contributed by atoms with E-state index in [2.05, 4.69) is 20.6 Å². The maximum absolute atomic E-state index is 11.8. The second-order valence-electron chi connectivity index (χ2n) is 5.87. The molecule has 0 atom stereocenters. The van der Waals surface area contributed by atoms with Gasteiger partial charge in [-0.25, -0.2) is 0 Å². The second-order valence-corrected chi connectivity index (χ2v) is 5.87. The van der Waals surface area contributed by atoms with Crippen molar-refractivity contribution in [1.29, 1.82) is 0 Å². The van der Waals surface area contributed by atoms with E-state index in [1.807, 2.05) is 34.6 Å². The van der Waals surface area contributed by atoms with Crippen LogP contribution in [0.1, 0.15) is 40.7 Å². The number of nitrogens with zero attached hydrogens (tertiary/aromatic N) is 4. The smallest absolute Gasteiger partial charge is 0.322 e. The summed E-state index contributed by atoms with van der Waals surface area (Å²) < 4.78 is 7.25. The fourth-order valence-electron chi connectivity index (χ4n) is 1.56. The van der Waals surface area contributed by atoms with Crippen LogP contribution in [0.25, 0.3) is 11.6 Å². The Balaban J connectivity index is 2.21. The third-order valence-corrected chi connectivity index (χ3v) is 2.71. The van der Waals surface area contributed by atoms with Crippen molar-refractivity contribution in [2.24, 2.45) is 5.41 Å². The van der Waals surface area contributed by atoms with Crippen LogP contribution in [-0.4, -0.2) is 25.9 Å². The lowest BCUT2D eigenvalue weighted by atomic mass is 9.96. The molecule has 0 spiro atoms. The van der Waals surface area contributed by atoms with Crippen LogP contribution in [-0.2, 0) is 4.79 Å². The summed E-state index contributed by atoms with van der Waals surface area (Å²) in [5.74, 6) is 0.158. The average Bonchev–Trinajstić information content (AvgIpc) is 2.94. The molecule has 2 heterocycles. The Hall–Kier alpha value is -2.18. The third-order valence-electron chi connectivity index (χ3n) is 2.71. The standard InChI is InChI=1S/C13H19N5O2/c1-8(2)18-9(6-7-14-18)10-16-17-12(20-10)15-11(19)13(3,4)5/h6-8H,1-5H3,(H,15,17,19). The number of hydrogen-bond donors (Lipinski definition) is 1. The highest BCUT2D eigenvalue weighted by atomic mass is 16.4. The van der Waals surface area contributed by atoms with Crippen LogP contribution in [0.2, 0.25) is 0 Å². The molecule has 7 nitrogen and oxygen atoms in total. The maximum Gasteiger partial charge on any atom is 0.322 e. The summed E-state index contributed by atoms with van der Waals surface area (Å²) in [5.41, 5.74) is 0.206. The summed E-state index contributed by atoms with van der Waals surface area (Å²) in [6.45, 7) is 9.46. The van der Waals surface area contributed by atoms with Gasteiger partial charge in [0.2, 0.25) is 5.91 Å². The van der Waals surface area contributed by atoms with Gasteiger partial charge in [-0.3, -0.25) is 14.8 Å². The van der Waals surface area contributed by atoms with E-state index >= 15 is 0 Å². The fraction of sp³-hybridized carbons (Fsp3) is 0.538. The Morgan fingerprint density at radius 1 is 1.35 bits per heavy atom. The van der Waals surface area contributed by atoms with Gasteiger partial charge >= 0.3 is 6.01 Å². The first-order valence-electron chi connectivity index (χ1n) is 6.48. The molecular weight excluding hydrogens is 258 g/mol. The zero-order valence-corrected chi connectivity index (χ0v) is 12.3. The van der Waals surface area contributed by atoms with E-state index in [-0.39, 0.29) is 18.0 Å². The van der Waals surface area contributed by atoms with E-state index in [0.29, 0.717) is 5.89 Å². The molecule has 0 bridgehead atoms. The lowest BCUT2D eigenvalue weighted by Gasteiger charge is -2.15. The molecule has 1 amide bonds. The molecule has 20 heavy (non-hydrogen) atoms. The lowest BCUT2D eigenvalue weighted by Crippen LogP contribution is -2.27. The van der Waals surface area contributed by atoms with Crippen molar-refractivity contribution in [3.05, 3.63) is 12.3 Å². The molecule has 0 saturated heterocycles. The minimum absolute atomic E-state index is 0.0939.